The molecule has 90 valence electrons. The molecular formula is C9H6F6S. The van der Waals surface area contributed by atoms with Crippen LogP contribution in [0.2, 0.25) is 0 Å². The monoisotopic (exact) mass is 260 g/mol. The molecule has 0 aromatic heterocycles. The van der Waals surface area contributed by atoms with Crippen LogP contribution >= 0.6 is 12.6 Å². The van der Waals surface area contributed by atoms with Crippen LogP contribution in [-0.4, -0.2) is 12.6 Å². The maximum Gasteiger partial charge on any atom is 0.432 e. The Labute approximate surface area is 92.7 Å². The van der Waals surface area contributed by atoms with Crippen LogP contribution in [0.25, 0.3) is 0 Å². The van der Waals surface area contributed by atoms with E-state index >= 15 is 0 Å². The van der Waals surface area contributed by atoms with E-state index in [0.29, 0.717) is 12.1 Å². The molecule has 0 bridgehead atoms. The molecule has 0 nitrogen and oxygen atoms in total. The largest absolute Gasteiger partial charge is 0.432 e. The van der Waals surface area contributed by atoms with E-state index in [2.05, 4.69) is 12.6 Å². The lowest BCUT2D eigenvalue weighted by atomic mass is 9.95. The number of halogens is 6. The summed E-state index contributed by atoms with van der Waals surface area (Å²) in [5.41, 5.74) is -5.78. The Hall–Kier alpha value is -0.850. The third kappa shape index (κ3) is 2.14. The summed E-state index contributed by atoms with van der Waals surface area (Å²) < 4.78 is 74.7. The zero-order chi connectivity index (χ0) is 12.6. The standard InChI is InChI=1S/C9H6F6S/c10-7(11)8(12,9(13,14)15)5-1-3-6(16)4-2-5/h1-4,7,16H. The van der Waals surface area contributed by atoms with Crippen LogP contribution < -0.4 is 0 Å². The molecule has 0 radical (unpaired) electrons. The highest BCUT2D eigenvalue weighted by atomic mass is 32.1. The summed E-state index contributed by atoms with van der Waals surface area (Å²) in [6, 6.07) is 3.31. The Morgan fingerprint density at radius 1 is 0.938 bits per heavy atom. The lowest BCUT2D eigenvalue weighted by molar-refractivity contribution is -0.274. The molecule has 0 aliphatic heterocycles. The topological polar surface area (TPSA) is 0 Å². The summed E-state index contributed by atoms with van der Waals surface area (Å²) in [6.45, 7) is 0. The first-order valence-electron chi connectivity index (χ1n) is 4.03. The number of alkyl halides is 6. The molecule has 7 heteroatoms. The lowest BCUT2D eigenvalue weighted by Crippen LogP contribution is -2.44. The van der Waals surface area contributed by atoms with E-state index in [1.54, 1.807) is 0 Å². The Morgan fingerprint density at radius 3 is 1.69 bits per heavy atom. The molecule has 0 aliphatic carbocycles. The lowest BCUT2D eigenvalue weighted by Gasteiger charge is -2.27. The Bertz CT molecular complexity index is 357. The van der Waals surface area contributed by atoms with Crippen molar-refractivity contribution in [3.8, 4) is 0 Å². The van der Waals surface area contributed by atoms with Crippen molar-refractivity contribution in [3.05, 3.63) is 29.8 Å². The van der Waals surface area contributed by atoms with Crippen molar-refractivity contribution < 1.29 is 26.3 Å². The Kier molecular flexibility index (Phi) is 3.47. The summed E-state index contributed by atoms with van der Waals surface area (Å²) >= 11 is 3.76. The molecule has 1 unspecified atom stereocenters. The fourth-order valence-corrected chi connectivity index (χ4v) is 1.27. The zero-order valence-corrected chi connectivity index (χ0v) is 8.50. The van der Waals surface area contributed by atoms with Gasteiger partial charge in [-0.2, -0.15) is 13.2 Å². The molecular weight excluding hydrogens is 254 g/mol. The van der Waals surface area contributed by atoms with Gasteiger partial charge >= 0.3 is 6.18 Å². The van der Waals surface area contributed by atoms with Crippen LogP contribution in [0.1, 0.15) is 5.56 Å². The van der Waals surface area contributed by atoms with Crippen molar-refractivity contribution in [1.82, 2.24) is 0 Å². The minimum atomic E-state index is -5.67. The summed E-state index contributed by atoms with van der Waals surface area (Å²) in [7, 11) is 0. The van der Waals surface area contributed by atoms with Gasteiger partial charge in [0.25, 0.3) is 12.1 Å². The Morgan fingerprint density at radius 2 is 1.38 bits per heavy atom. The highest BCUT2D eigenvalue weighted by Crippen LogP contribution is 2.46. The number of thiol groups is 1. The van der Waals surface area contributed by atoms with Crippen LogP contribution in [-0.2, 0) is 5.67 Å². The van der Waals surface area contributed by atoms with E-state index in [1.165, 1.54) is 0 Å². The molecule has 0 fully saturated rings. The zero-order valence-electron chi connectivity index (χ0n) is 7.60. The van der Waals surface area contributed by atoms with Gasteiger partial charge in [0.1, 0.15) is 0 Å². The average Bonchev–Trinajstić information content (AvgIpc) is 2.15. The molecule has 1 rings (SSSR count). The summed E-state index contributed by atoms with van der Waals surface area (Å²) in [4.78, 5) is 0.252. The average molecular weight is 260 g/mol. The second kappa shape index (κ2) is 4.20. The van der Waals surface area contributed by atoms with Gasteiger partial charge in [-0.15, -0.1) is 12.6 Å². The number of rotatable bonds is 2. The second-order valence-corrected chi connectivity index (χ2v) is 3.57. The van der Waals surface area contributed by atoms with E-state index in [4.69, 9.17) is 0 Å². The van der Waals surface area contributed by atoms with Crippen LogP contribution in [0, 0.1) is 0 Å². The van der Waals surface area contributed by atoms with Crippen molar-refractivity contribution in [2.24, 2.45) is 0 Å². The summed E-state index contributed by atoms with van der Waals surface area (Å²) in [6.07, 6.45) is -9.85. The van der Waals surface area contributed by atoms with Gasteiger partial charge in [-0.3, -0.25) is 0 Å². The van der Waals surface area contributed by atoms with Gasteiger partial charge in [-0.1, -0.05) is 12.1 Å². The first-order chi connectivity index (χ1) is 7.19. The minimum absolute atomic E-state index is 0.252. The van der Waals surface area contributed by atoms with Gasteiger partial charge in [0.15, 0.2) is 0 Å². The SMILES string of the molecule is FC(F)C(F)(c1ccc(S)cc1)C(F)(F)F. The molecule has 0 saturated carbocycles. The van der Waals surface area contributed by atoms with Crippen molar-refractivity contribution in [1.29, 1.82) is 0 Å². The highest BCUT2D eigenvalue weighted by Gasteiger charge is 2.63. The smallest absolute Gasteiger partial charge is 0.222 e. The quantitative estimate of drug-likeness (QED) is 0.603. The van der Waals surface area contributed by atoms with Gasteiger partial charge in [0, 0.05) is 10.5 Å². The molecule has 1 atom stereocenters. The van der Waals surface area contributed by atoms with Crippen molar-refractivity contribution in [3.63, 3.8) is 0 Å². The highest BCUT2D eigenvalue weighted by molar-refractivity contribution is 7.80. The van der Waals surface area contributed by atoms with Gasteiger partial charge in [-0.25, -0.2) is 13.2 Å². The molecule has 0 saturated heterocycles. The van der Waals surface area contributed by atoms with Gasteiger partial charge in [0.2, 0.25) is 0 Å². The fourth-order valence-electron chi connectivity index (χ4n) is 1.12. The van der Waals surface area contributed by atoms with E-state index in [9.17, 15) is 26.3 Å². The van der Waals surface area contributed by atoms with E-state index in [-0.39, 0.29) is 4.90 Å². The normalized spacial score (nSPS) is 16.2. The van der Waals surface area contributed by atoms with Gasteiger partial charge < -0.3 is 0 Å². The van der Waals surface area contributed by atoms with Crippen LogP contribution in [0.3, 0.4) is 0 Å². The molecule has 0 heterocycles. The number of benzene rings is 1. The fraction of sp³-hybridized carbons (Fsp3) is 0.333. The predicted molar refractivity (Wildman–Crippen MR) is 48.5 cm³/mol. The number of hydrogen-bond acceptors (Lipinski definition) is 1. The predicted octanol–water partition coefficient (Wildman–Crippen LogP) is 3.97. The van der Waals surface area contributed by atoms with Crippen LogP contribution in [0.5, 0.6) is 0 Å². The molecule has 0 N–H and O–H groups in total. The molecule has 1 aromatic rings. The minimum Gasteiger partial charge on any atom is -0.222 e. The van der Waals surface area contributed by atoms with Crippen molar-refractivity contribution in [2.45, 2.75) is 23.2 Å². The van der Waals surface area contributed by atoms with Crippen molar-refractivity contribution >= 4 is 12.6 Å². The van der Waals surface area contributed by atoms with E-state index in [0.717, 1.165) is 12.1 Å². The summed E-state index contributed by atoms with van der Waals surface area (Å²) in [5.74, 6) is 0. The molecule has 0 spiro atoms. The van der Waals surface area contributed by atoms with E-state index < -0.39 is 23.8 Å². The summed E-state index contributed by atoms with van der Waals surface area (Å²) in [5, 5.41) is 0. The second-order valence-electron chi connectivity index (χ2n) is 3.06. The first-order valence-corrected chi connectivity index (χ1v) is 4.47. The van der Waals surface area contributed by atoms with Crippen LogP contribution in [0.15, 0.2) is 29.2 Å². The van der Waals surface area contributed by atoms with Gasteiger partial charge in [0.05, 0.1) is 0 Å². The molecule has 0 amide bonds. The molecule has 0 aliphatic rings. The van der Waals surface area contributed by atoms with E-state index in [1.807, 2.05) is 0 Å². The third-order valence-electron chi connectivity index (χ3n) is 2.00. The maximum absolute atomic E-state index is 13.4. The molecule has 16 heavy (non-hydrogen) atoms. The number of hydrogen-bond donors (Lipinski definition) is 1. The van der Waals surface area contributed by atoms with Gasteiger partial charge in [-0.05, 0) is 12.1 Å². The third-order valence-corrected chi connectivity index (χ3v) is 2.30. The van der Waals surface area contributed by atoms with Crippen molar-refractivity contribution in [2.75, 3.05) is 0 Å². The maximum atomic E-state index is 13.4. The van der Waals surface area contributed by atoms with Crippen LogP contribution in [0.4, 0.5) is 26.3 Å². The Balaban J connectivity index is 3.28. The molecule has 1 aromatic carbocycles. The first kappa shape index (κ1) is 13.2.